The van der Waals surface area contributed by atoms with E-state index in [9.17, 15) is 0 Å². The van der Waals surface area contributed by atoms with Crippen molar-refractivity contribution >= 4 is 0 Å². The molecule has 0 aromatic carbocycles. The molecule has 0 aliphatic carbocycles. The van der Waals surface area contributed by atoms with Crippen molar-refractivity contribution in [1.29, 1.82) is 0 Å². The van der Waals surface area contributed by atoms with Crippen LogP contribution in [-0.2, 0) is 16.0 Å². The fourth-order valence-corrected chi connectivity index (χ4v) is 1.62. The highest BCUT2D eigenvalue weighted by molar-refractivity contribution is 5.13. The first kappa shape index (κ1) is 12.3. The van der Waals surface area contributed by atoms with Gasteiger partial charge in [-0.25, -0.2) is 0 Å². The maximum Gasteiger partial charge on any atom is 0.0700 e. The predicted octanol–water partition coefficient (Wildman–Crippen LogP) is 2.16. The zero-order valence-electron chi connectivity index (χ0n) is 9.95. The third-order valence-electron chi connectivity index (χ3n) is 2.52. The number of nitrogens with zero attached hydrogens (tertiary/aromatic N) is 1. The molecule has 0 spiro atoms. The molecule has 0 aliphatic rings. The lowest BCUT2D eigenvalue weighted by Gasteiger charge is -2.09. The second-order valence-electron chi connectivity index (χ2n) is 3.73. The first-order chi connectivity index (χ1) is 7.25. The van der Waals surface area contributed by atoms with E-state index < -0.39 is 0 Å². The van der Waals surface area contributed by atoms with Gasteiger partial charge >= 0.3 is 0 Å². The number of aryl methyl sites for hydroxylation is 2. The van der Waals surface area contributed by atoms with Gasteiger partial charge in [-0.05, 0) is 32.4 Å². The summed E-state index contributed by atoms with van der Waals surface area (Å²) < 4.78 is 12.6. The van der Waals surface area contributed by atoms with Crippen LogP contribution < -0.4 is 0 Å². The average Bonchev–Trinajstić information content (AvgIpc) is 2.54. The fraction of sp³-hybridized carbons (Fsp3) is 0.667. The Balaban J connectivity index is 2.15. The third-order valence-corrected chi connectivity index (χ3v) is 2.52. The van der Waals surface area contributed by atoms with Crippen molar-refractivity contribution in [3.63, 3.8) is 0 Å². The molecular weight excluding hydrogens is 190 g/mol. The Morgan fingerprint density at radius 1 is 1.07 bits per heavy atom. The van der Waals surface area contributed by atoms with E-state index in [0.29, 0.717) is 13.2 Å². The Bertz CT molecular complexity index is 262. The Hall–Kier alpha value is -0.800. The van der Waals surface area contributed by atoms with Gasteiger partial charge in [-0.1, -0.05) is 0 Å². The highest BCUT2D eigenvalue weighted by Crippen LogP contribution is 2.07. The SMILES string of the molecule is COCCOCCCn1c(C)ccc1C. The van der Waals surface area contributed by atoms with Gasteiger partial charge in [0.25, 0.3) is 0 Å². The second-order valence-corrected chi connectivity index (χ2v) is 3.73. The molecule has 0 N–H and O–H groups in total. The number of methoxy groups -OCH3 is 1. The van der Waals surface area contributed by atoms with Crippen LogP contribution in [0.5, 0.6) is 0 Å². The molecule has 3 heteroatoms. The fourth-order valence-electron chi connectivity index (χ4n) is 1.62. The minimum Gasteiger partial charge on any atom is -0.382 e. The van der Waals surface area contributed by atoms with E-state index in [1.165, 1.54) is 11.4 Å². The maximum absolute atomic E-state index is 5.41. The lowest BCUT2D eigenvalue weighted by atomic mass is 10.4. The summed E-state index contributed by atoms with van der Waals surface area (Å²) >= 11 is 0. The lowest BCUT2D eigenvalue weighted by molar-refractivity contribution is 0.0679. The standard InChI is InChI=1S/C12H21NO2/c1-11-5-6-12(2)13(11)7-4-8-15-10-9-14-3/h5-6H,4,7-10H2,1-3H3. The molecule has 0 amide bonds. The molecule has 0 bridgehead atoms. The summed E-state index contributed by atoms with van der Waals surface area (Å²) in [5, 5.41) is 0. The monoisotopic (exact) mass is 211 g/mol. The molecule has 0 radical (unpaired) electrons. The summed E-state index contributed by atoms with van der Waals surface area (Å²) in [4.78, 5) is 0. The van der Waals surface area contributed by atoms with Crippen molar-refractivity contribution < 1.29 is 9.47 Å². The molecule has 0 atom stereocenters. The van der Waals surface area contributed by atoms with Gasteiger partial charge in [0.15, 0.2) is 0 Å². The van der Waals surface area contributed by atoms with Crippen LogP contribution >= 0.6 is 0 Å². The van der Waals surface area contributed by atoms with Gasteiger partial charge in [0, 0.05) is 31.6 Å². The van der Waals surface area contributed by atoms with Gasteiger partial charge < -0.3 is 14.0 Å². The summed E-state index contributed by atoms with van der Waals surface area (Å²) in [5.41, 5.74) is 2.65. The summed E-state index contributed by atoms with van der Waals surface area (Å²) in [7, 11) is 1.69. The van der Waals surface area contributed by atoms with Gasteiger partial charge in [0.2, 0.25) is 0 Å². The molecule has 0 saturated heterocycles. The van der Waals surface area contributed by atoms with Crippen molar-refractivity contribution in [1.82, 2.24) is 4.57 Å². The molecule has 1 aromatic heterocycles. The Morgan fingerprint density at radius 3 is 2.33 bits per heavy atom. The molecule has 1 aromatic rings. The van der Waals surface area contributed by atoms with E-state index in [2.05, 4.69) is 30.5 Å². The molecular formula is C12H21NO2. The van der Waals surface area contributed by atoms with Crippen molar-refractivity contribution in [3.05, 3.63) is 23.5 Å². The summed E-state index contributed by atoms with van der Waals surface area (Å²) in [6, 6.07) is 4.31. The third kappa shape index (κ3) is 4.06. The number of aromatic nitrogens is 1. The van der Waals surface area contributed by atoms with E-state index in [4.69, 9.17) is 9.47 Å². The zero-order chi connectivity index (χ0) is 11.1. The van der Waals surface area contributed by atoms with Crippen LogP contribution in [0, 0.1) is 13.8 Å². The Morgan fingerprint density at radius 2 is 1.73 bits per heavy atom. The number of rotatable bonds is 7. The molecule has 0 unspecified atom stereocenters. The van der Waals surface area contributed by atoms with Gasteiger partial charge in [-0.2, -0.15) is 0 Å². The highest BCUT2D eigenvalue weighted by atomic mass is 16.5. The van der Waals surface area contributed by atoms with Crippen molar-refractivity contribution in [3.8, 4) is 0 Å². The van der Waals surface area contributed by atoms with Crippen LogP contribution in [-0.4, -0.2) is 31.5 Å². The normalized spacial score (nSPS) is 10.9. The Labute approximate surface area is 92.0 Å². The van der Waals surface area contributed by atoms with E-state index in [1.807, 2.05) is 0 Å². The second kappa shape index (κ2) is 6.64. The van der Waals surface area contributed by atoms with Gasteiger partial charge in [-0.15, -0.1) is 0 Å². The van der Waals surface area contributed by atoms with Crippen molar-refractivity contribution in [2.45, 2.75) is 26.8 Å². The highest BCUT2D eigenvalue weighted by Gasteiger charge is 1.99. The molecule has 3 nitrogen and oxygen atoms in total. The largest absolute Gasteiger partial charge is 0.382 e. The summed E-state index contributed by atoms with van der Waals surface area (Å²) in [5.74, 6) is 0. The Kier molecular flexibility index (Phi) is 5.43. The zero-order valence-corrected chi connectivity index (χ0v) is 9.95. The molecule has 1 rings (SSSR count). The molecule has 0 fully saturated rings. The first-order valence-electron chi connectivity index (χ1n) is 5.45. The van der Waals surface area contributed by atoms with Crippen LogP contribution in [0.4, 0.5) is 0 Å². The molecule has 0 aliphatic heterocycles. The molecule has 86 valence electrons. The lowest BCUT2D eigenvalue weighted by Crippen LogP contribution is -2.08. The number of hydrogen-bond donors (Lipinski definition) is 0. The number of hydrogen-bond acceptors (Lipinski definition) is 2. The number of ether oxygens (including phenoxy) is 2. The van der Waals surface area contributed by atoms with Crippen LogP contribution in [0.25, 0.3) is 0 Å². The van der Waals surface area contributed by atoms with Gasteiger partial charge in [0.1, 0.15) is 0 Å². The smallest absolute Gasteiger partial charge is 0.0700 e. The summed E-state index contributed by atoms with van der Waals surface area (Å²) in [6.07, 6.45) is 1.06. The summed E-state index contributed by atoms with van der Waals surface area (Å²) in [6.45, 7) is 7.50. The van der Waals surface area contributed by atoms with Crippen LogP contribution in [0.1, 0.15) is 17.8 Å². The predicted molar refractivity (Wildman–Crippen MR) is 61.2 cm³/mol. The van der Waals surface area contributed by atoms with Crippen molar-refractivity contribution in [2.75, 3.05) is 26.9 Å². The average molecular weight is 211 g/mol. The minimum atomic E-state index is 0.682. The van der Waals surface area contributed by atoms with Crippen LogP contribution in [0.2, 0.25) is 0 Å². The van der Waals surface area contributed by atoms with Gasteiger partial charge in [-0.3, -0.25) is 0 Å². The van der Waals surface area contributed by atoms with E-state index in [-0.39, 0.29) is 0 Å². The first-order valence-corrected chi connectivity index (χ1v) is 5.45. The van der Waals surface area contributed by atoms with Crippen molar-refractivity contribution in [2.24, 2.45) is 0 Å². The van der Waals surface area contributed by atoms with Gasteiger partial charge in [0.05, 0.1) is 13.2 Å². The van der Waals surface area contributed by atoms with Crippen LogP contribution in [0.15, 0.2) is 12.1 Å². The minimum absolute atomic E-state index is 0.682. The van der Waals surface area contributed by atoms with Crippen LogP contribution in [0.3, 0.4) is 0 Å². The molecule has 1 heterocycles. The maximum atomic E-state index is 5.41. The van der Waals surface area contributed by atoms with E-state index in [0.717, 1.165) is 19.6 Å². The molecule has 0 saturated carbocycles. The topological polar surface area (TPSA) is 23.4 Å². The van der Waals surface area contributed by atoms with E-state index >= 15 is 0 Å². The quantitative estimate of drug-likeness (QED) is 0.645. The van der Waals surface area contributed by atoms with E-state index in [1.54, 1.807) is 7.11 Å². The molecule has 15 heavy (non-hydrogen) atoms.